The molecule has 2 saturated heterocycles. The van der Waals surface area contributed by atoms with Crippen LogP contribution in [0.15, 0.2) is 12.1 Å². The molecule has 12 heteroatoms. The zero-order valence-corrected chi connectivity index (χ0v) is 17.6. The first-order chi connectivity index (χ1) is 15.2. The van der Waals surface area contributed by atoms with Gasteiger partial charge < -0.3 is 15.0 Å². The molecule has 2 aliphatic heterocycles. The van der Waals surface area contributed by atoms with Crippen LogP contribution in [0.25, 0.3) is 0 Å². The van der Waals surface area contributed by atoms with Crippen molar-refractivity contribution in [2.24, 2.45) is 0 Å². The second kappa shape index (κ2) is 9.10. The SMILES string of the molecule is CN1CCN(c2c(F)cc(N3CC(CNC(=O)C(F)F)OC3=O)cc2F)CCN1C1CC1. The van der Waals surface area contributed by atoms with E-state index in [0.717, 1.165) is 29.9 Å². The number of anilines is 2. The summed E-state index contributed by atoms with van der Waals surface area (Å²) in [5, 5.41) is 6.29. The maximum atomic E-state index is 15.0. The van der Waals surface area contributed by atoms with Gasteiger partial charge in [-0.2, -0.15) is 8.78 Å². The van der Waals surface area contributed by atoms with Gasteiger partial charge in [-0.3, -0.25) is 9.69 Å². The Morgan fingerprint density at radius 1 is 1.16 bits per heavy atom. The van der Waals surface area contributed by atoms with E-state index in [-0.39, 0.29) is 24.5 Å². The predicted octanol–water partition coefficient (Wildman–Crippen LogP) is 1.80. The van der Waals surface area contributed by atoms with Crippen molar-refractivity contribution < 1.29 is 31.9 Å². The number of likely N-dealkylation sites (N-methyl/N-ethyl adjacent to an activating group) is 1. The van der Waals surface area contributed by atoms with Crippen molar-refractivity contribution in [1.82, 2.24) is 15.3 Å². The van der Waals surface area contributed by atoms with Crippen molar-refractivity contribution in [1.29, 1.82) is 0 Å². The Labute approximate surface area is 182 Å². The number of carbonyl (C=O) groups excluding carboxylic acids is 2. The minimum Gasteiger partial charge on any atom is -0.442 e. The number of hydrazine groups is 1. The van der Waals surface area contributed by atoms with Gasteiger partial charge in [0.15, 0.2) is 11.6 Å². The zero-order chi connectivity index (χ0) is 23.0. The number of carbonyl (C=O) groups is 2. The summed E-state index contributed by atoms with van der Waals surface area (Å²) in [6.45, 7) is 1.74. The van der Waals surface area contributed by atoms with Gasteiger partial charge in [0.25, 0.3) is 5.91 Å². The van der Waals surface area contributed by atoms with Crippen LogP contribution in [0.3, 0.4) is 0 Å². The zero-order valence-electron chi connectivity index (χ0n) is 17.6. The number of hydrogen-bond acceptors (Lipinski definition) is 6. The third kappa shape index (κ3) is 4.75. The fourth-order valence-electron chi connectivity index (χ4n) is 4.10. The second-order valence-electron chi connectivity index (χ2n) is 8.18. The van der Waals surface area contributed by atoms with Gasteiger partial charge in [0.05, 0.1) is 18.8 Å². The van der Waals surface area contributed by atoms with Crippen LogP contribution in [0, 0.1) is 11.6 Å². The maximum Gasteiger partial charge on any atom is 0.414 e. The van der Waals surface area contributed by atoms with Crippen LogP contribution in [0.4, 0.5) is 33.7 Å². The number of nitrogens with zero attached hydrogens (tertiary/aromatic N) is 4. The van der Waals surface area contributed by atoms with Gasteiger partial charge in [0, 0.05) is 51.4 Å². The van der Waals surface area contributed by atoms with Gasteiger partial charge in [-0.05, 0) is 12.8 Å². The third-order valence-corrected chi connectivity index (χ3v) is 5.91. The number of benzene rings is 1. The normalized spacial score (nSPS) is 22.9. The summed E-state index contributed by atoms with van der Waals surface area (Å²) in [6.07, 6.45) is -2.72. The van der Waals surface area contributed by atoms with E-state index >= 15 is 0 Å². The lowest BCUT2D eigenvalue weighted by Crippen LogP contribution is -2.42. The van der Waals surface area contributed by atoms with Crippen LogP contribution in [-0.2, 0) is 9.53 Å². The average Bonchev–Trinajstić information content (AvgIpc) is 3.52. The molecule has 1 aromatic rings. The van der Waals surface area contributed by atoms with Gasteiger partial charge in [0.1, 0.15) is 11.8 Å². The van der Waals surface area contributed by atoms with E-state index in [1.165, 1.54) is 0 Å². The molecule has 1 N–H and O–H groups in total. The Hall–Kier alpha value is -2.60. The Kier molecular flexibility index (Phi) is 6.42. The highest BCUT2D eigenvalue weighted by Gasteiger charge is 2.36. The first-order valence-electron chi connectivity index (χ1n) is 10.5. The summed E-state index contributed by atoms with van der Waals surface area (Å²) in [5.74, 6) is -3.08. The number of amides is 2. The van der Waals surface area contributed by atoms with E-state index in [9.17, 15) is 27.2 Å². The minimum absolute atomic E-state index is 0.0389. The van der Waals surface area contributed by atoms with Crippen molar-refractivity contribution in [2.45, 2.75) is 31.4 Å². The molecule has 0 bridgehead atoms. The summed E-state index contributed by atoms with van der Waals surface area (Å²) in [6, 6.07) is 2.62. The number of alkyl halides is 2. The molecule has 1 aromatic carbocycles. The van der Waals surface area contributed by atoms with Crippen molar-refractivity contribution >= 4 is 23.4 Å². The lowest BCUT2D eigenvalue weighted by atomic mass is 10.2. The fraction of sp³-hybridized carbons (Fsp3) is 0.600. The highest BCUT2D eigenvalue weighted by atomic mass is 19.3. The third-order valence-electron chi connectivity index (χ3n) is 5.91. The Morgan fingerprint density at radius 3 is 2.44 bits per heavy atom. The molecule has 0 aromatic heterocycles. The van der Waals surface area contributed by atoms with Crippen molar-refractivity contribution in [3.05, 3.63) is 23.8 Å². The maximum absolute atomic E-state index is 15.0. The van der Waals surface area contributed by atoms with Gasteiger partial charge in [-0.15, -0.1) is 0 Å². The van der Waals surface area contributed by atoms with Crippen molar-refractivity contribution in [3.8, 4) is 0 Å². The first kappa shape index (κ1) is 22.6. The van der Waals surface area contributed by atoms with Crippen molar-refractivity contribution in [2.75, 3.05) is 56.1 Å². The van der Waals surface area contributed by atoms with E-state index in [1.807, 2.05) is 12.4 Å². The molecule has 1 atom stereocenters. The topological polar surface area (TPSA) is 68.4 Å². The molecule has 4 rings (SSSR count). The molecule has 1 unspecified atom stereocenters. The van der Waals surface area contributed by atoms with Crippen LogP contribution in [0.1, 0.15) is 12.8 Å². The summed E-state index contributed by atoms with van der Waals surface area (Å²) in [4.78, 5) is 25.8. The molecule has 176 valence electrons. The molecule has 2 heterocycles. The highest BCUT2D eigenvalue weighted by molar-refractivity contribution is 5.90. The van der Waals surface area contributed by atoms with Crippen LogP contribution >= 0.6 is 0 Å². The summed E-state index contributed by atoms with van der Waals surface area (Å²) in [7, 11) is 1.97. The molecule has 32 heavy (non-hydrogen) atoms. The number of hydrogen-bond donors (Lipinski definition) is 1. The molecular weight excluding hydrogens is 434 g/mol. The van der Waals surface area contributed by atoms with Crippen LogP contribution in [0.2, 0.25) is 0 Å². The number of cyclic esters (lactones) is 1. The Bertz CT molecular complexity index is 862. The molecule has 1 saturated carbocycles. The van der Waals surface area contributed by atoms with E-state index in [1.54, 1.807) is 4.90 Å². The molecule has 1 aliphatic carbocycles. The van der Waals surface area contributed by atoms with Crippen molar-refractivity contribution in [3.63, 3.8) is 0 Å². The molecule has 0 radical (unpaired) electrons. The van der Waals surface area contributed by atoms with E-state index in [2.05, 4.69) is 10.0 Å². The number of rotatable bonds is 6. The molecular formula is C20H25F4N5O3. The van der Waals surface area contributed by atoms with E-state index < -0.39 is 36.2 Å². The lowest BCUT2D eigenvalue weighted by molar-refractivity contribution is -0.132. The fourth-order valence-corrected chi connectivity index (χ4v) is 4.10. The number of halogens is 4. The summed E-state index contributed by atoms with van der Waals surface area (Å²) in [5.41, 5.74) is -0.184. The molecule has 0 spiro atoms. The lowest BCUT2D eigenvalue weighted by Gasteiger charge is -2.29. The Balaban J connectivity index is 1.44. The summed E-state index contributed by atoms with van der Waals surface area (Å²) < 4.78 is 59.6. The van der Waals surface area contributed by atoms with Gasteiger partial charge in [-0.25, -0.2) is 23.6 Å². The Morgan fingerprint density at radius 2 is 1.81 bits per heavy atom. The average molecular weight is 459 g/mol. The quantitative estimate of drug-likeness (QED) is 0.655. The predicted molar refractivity (Wildman–Crippen MR) is 108 cm³/mol. The number of ether oxygens (including phenoxy) is 1. The highest BCUT2D eigenvalue weighted by Crippen LogP contribution is 2.33. The standard InChI is InChI=1S/C20H25F4N5O3/c1-26-4-5-27(6-7-29(26)12-2-3-12)17-15(21)8-13(9-16(17)22)28-11-14(32-20(28)31)10-25-19(30)18(23)24/h8-9,12,14,18H,2-7,10-11H2,1H3,(H,25,30). The minimum atomic E-state index is -3.19. The molecule has 3 aliphatic rings. The largest absolute Gasteiger partial charge is 0.442 e. The van der Waals surface area contributed by atoms with Gasteiger partial charge >= 0.3 is 12.5 Å². The first-order valence-corrected chi connectivity index (χ1v) is 10.5. The van der Waals surface area contributed by atoms with E-state index in [0.29, 0.717) is 32.2 Å². The molecule has 2 amide bonds. The monoisotopic (exact) mass is 459 g/mol. The van der Waals surface area contributed by atoms with E-state index in [4.69, 9.17) is 4.74 Å². The smallest absolute Gasteiger partial charge is 0.414 e. The number of nitrogens with one attached hydrogen (secondary N) is 1. The van der Waals surface area contributed by atoms with Crippen LogP contribution in [-0.4, -0.2) is 86.9 Å². The van der Waals surface area contributed by atoms with Crippen LogP contribution < -0.4 is 15.1 Å². The molecule has 3 fully saturated rings. The second-order valence-corrected chi connectivity index (χ2v) is 8.18. The summed E-state index contributed by atoms with van der Waals surface area (Å²) >= 11 is 0. The van der Waals surface area contributed by atoms with Gasteiger partial charge in [-0.1, -0.05) is 0 Å². The van der Waals surface area contributed by atoms with Crippen LogP contribution in [0.5, 0.6) is 0 Å². The van der Waals surface area contributed by atoms with Gasteiger partial charge in [0.2, 0.25) is 0 Å². The molecule has 8 nitrogen and oxygen atoms in total.